The summed E-state index contributed by atoms with van der Waals surface area (Å²) in [6, 6.07) is 9.23. The smallest absolute Gasteiger partial charge is 0.110 e. The first kappa shape index (κ1) is 13.0. The number of pyridine rings is 2. The van der Waals surface area contributed by atoms with Crippen LogP contribution in [0.2, 0.25) is 0 Å². The van der Waals surface area contributed by atoms with Crippen LogP contribution in [0, 0.1) is 0 Å². The van der Waals surface area contributed by atoms with Gasteiger partial charge in [-0.2, -0.15) is 0 Å². The average molecular weight is 330 g/mol. The van der Waals surface area contributed by atoms with Gasteiger partial charge >= 0.3 is 0 Å². The van der Waals surface area contributed by atoms with Gasteiger partial charge in [-0.25, -0.2) is 0 Å². The van der Waals surface area contributed by atoms with Crippen LogP contribution in [-0.2, 0) is 0 Å². The summed E-state index contributed by atoms with van der Waals surface area (Å²) in [5.74, 6) is 0. The maximum Gasteiger partial charge on any atom is 0.110 e. The lowest BCUT2D eigenvalue weighted by atomic mass is 9.99. The summed E-state index contributed by atoms with van der Waals surface area (Å²) in [5.41, 5.74) is 8.46. The van der Waals surface area contributed by atoms with Crippen LogP contribution in [0.25, 0.3) is 10.9 Å². The van der Waals surface area contributed by atoms with Crippen molar-refractivity contribution < 1.29 is 5.11 Å². The number of halogens is 1. The molecule has 0 bridgehead atoms. The van der Waals surface area contributed by atoms with Gasteiger partial charge in [-0.05, 0) is 18.2 Å². The molecule has 0 spiro atoms. The molecule has 0 saturated carbocycles. The van der Waals surface area contributed by atoms with Crippen LogP contribution in [0.15, 0.2) is 53.4 Å². The number of nitrogens with two attached hydrogens (primary N) is 1. The Labute approximate surface area is 124 Å². The molecule has 0 aliphatic rings. The largest absolute Gasteiger partial charge is 0.398 e. The number of rotatable bonds is 2. The molecule has 1 aromatic carbocycles. The van der Waals surface area contributed by atoms with E-state index in [1.54, 1.807) is 24.7 Å². The van der Waals surface area contributed by atoms with Crippen molar-refractivity contribution in [2.75, 3.05) is 5.73 Å². The highest BCUT2D eigenvalue weighted by Crippen LogP contribution is 2.33. The fourth-order valence-electron chi connectivity index (χ4n) is 2.19. The number of nitrogens with zero attached hydrogens (tertiary/aromatic N) is 2. The van der Waals surface area contributed by atoms with E-state index in [4.69, 9.17) is 5.73 Å². The minimum absolute atomic E-state index is 0.513. The molecule has 2 aromatic heterocycles. The number of fused-ring (bicyclic) bond motifs is 1. The molecule has 0 aliphatic heterocycles. The van der Waals surface area contributed by atoms with Crippen LogP contribution in [0.3, 0.4) is 0 Å². The molecule has 0 aliphatic carbocycles. The van der Waals surface area contributed by atoms with E-state index in [2.05, 4.69) is 25.9 Å². The molecule has 2 heterocycles. The van der Waals surface area contributed by atoms with Crippen LogP contribution >= 0.6 is 15.9 Å². The van der Waals surface area contributed by atoms with Gasteiger partial charge in [-0.3, -0.25) is 9.97 Å². The van der Waals surface area contributed by atoms with Crippen LogP contribution in [-0.4, -0.2) is 15.1 Å². The van der Waals surface area contributed by atoms with Gasteiger partial charge in [0.2, 0.25) is 0 Å². The minimum atomic E-state index is -0.853. The van der Waals surface area contributed by atoms with Gasteiger partial charge in [0, 0.05) is 45.3 Å². The summed E-state index contributed by atoms with van der Waals surface area (Å²) in [4.78, 5) is 8.39. The number of benzene rings is 1. The second kappa shape index (κ2) is 5.19. The third kappa shape index (κ3) is 2.15. The molecule has 1 unspecified atom stereocenters. The van der Waals surface area contributed by atoms with E-state index in [1.165, 1.54) is 0 Å². The predicted octanol–water partition coefficient (Wildman–Crippen LogP) is 3.06. The highest BCUT2D eigenvalue weighted by atomic mass is 79.9. The summed E-state index contributed by atoms with van der Waals surface area (Å²) in [5, 5.41) is 11.5. The molecule has 0 fully saturated rings. The summed E-state index contributed by atoms with van der Waals surface area (Å²) in [6.45, 7) is 0. The fraction of sp³-hybridized carbons (Fsp3) is 0.0667. The maximum absolute atomic E-state index is 10.6. The zero-order chi connectivity index (χ0) is 14.1. The van der Waals surface area contributed by atoms with Crippen molar-refractivity contribution in [1.29, 1.82) is 0 Å². The predicted molar refractivity (Wildman–Crippen MR) is 82.2 cm³/mol. The number of aromatic nitrogens is 2. The Morgan fingerprint density at radius 2 is 1.95 bits per heavy atom. The third-order valence-electron chi connectivity index (χ3n) is 3.22. The maximum atomic E-state index is 10.6. The number of nitrogen functional groups attached to an aromatic ring is 1. The molecule has 100 valence electrons. The van der Waals surface area contributed by atoms with Gasteiger partial charge in [-0.15, -0.1) is 0 Å². The van der Waals surface area contributed by atoms with Gasteiger partial charge in [0.05, 0.1) is 5.52 Å². The summed E-state index contributed by atoms with van der Waals surface area (Å²) >= 11 is 3.49. The first-order valence-electron chi connectivity index (χ1n) is 6.09. The SMILES string of the molecule is Nc1ccncc1C(O)c1ccc(Br)c2cccnc12. The van der Waals surface area contributed by atoms with Crippen molar-refractivity contribution in [3.63, 3.8) is 0 Å². The zero-order valence-electron chi connectivity index (χ0n) is 10.5. The zero-order valence-corrected chi connectivity index (χ0v) is 12.1. The van der Waals surface area contributed by atoms with Crippen molar-refractivity contribution in [3.8, 4) is 0 Å². The highest BCUT2D eigenvalue weighted by molar-refractivity contribution is 9.10. The van der Waals surface area contributed by atoms with Crippen LogP contribution in [0.1, 0.15) is 17.2 Å². The molecule has 3 N–H and O–H groups in total. The lowest BCUT2D eigenvalue weighted by molar-refractivity contribution is 0.222. The van der Waals surface area contributed by atoms with E-state index in [0.717, 1.165) is 15.4 Å². The van der Waals surface area contributed by atoms with Gasteiger partial charge in [0.15, 0.2) is 0 Å². The molecule has 1 atom stereocenters. The number of anilines is 1. The Hall–Kier alpha value is -1.98. The first-order chi connectivity index (χ1) is 9.68. The van der Waals surface area contributed by atoms with Crippen LogP contribution in [0.4, 0.5) is 5.69 Å². The number of aliphatic hydroxyl groups is 1. The van der Waals surface area contributed by atoms with Gasteiger partial charge in [0.25, 0.3) is 0 Å². The Balaban J connectivity index is 2.20. The van der Waals surface area contributed by atoms with E-state index in [-0.39, 0.29) is 0 Å². The number of hydrogen-bond acceptors (Lipinski definition) is 4. The second-order valence-electron chi connectivity index (χ2n) is 4.44. The first-order valence-corrected chi connectivity index (χ1v) is 6.88. The van der Waals surface area contributed by atoms with Crippen molar-refractivity contribution in [2.24, 2.45) is 0 Å². The van der Waals surface area contributed by atoms with Crippen molar-refractivity contribution >= 4 is 32.5 Å². The minimum Gasteiger partial charge on any atom is -0.398 e. The number of hydrogen-bond donors (Lipinski definition) is 2. The quantitative estimate of drug-likeness (QED) is 0.757. The van der Waals surface area contributed by atoms with Crippen LogP contribution < -0.4 is 5.73 Å². The molecule has 0 amide bonds. The molecule has 0 saturated heterocycles. The number of aliphatic hydroxyl groups excluding tert-OH is 1. The topological polar surface area (TPSA) is 72.0 Å². The summed E-state index contributed by atoms with van der Waals surface area (Å²) in [7, 11) is 0. The second-order valence-corrected chi connectivity index (χ2v) is 5.30. The van der Waals surface area contributed by atoms with E-state index < -0.39 is 6.10 Å². The molecular formula is C15H12BrN3O. The molecule has 5 heteroatoms. The van der Waals surface area contributed by atoms with Gasteiger partial charge in [-0.1, -0.05) is 28.1 Å². The van der Waals surface area contributed by atoms with E-state index in [1.807, 2.05) is 24.3 Å². The van der Waals surface area contributed by atoms with Gasteiger partial charge < -0.3 is 10.8 Å². The average Bonchev–Trinajstić information content (AvgIpc) is 2.48. The van der Waals surface area contributed by atoms with E-state index in [0.29, 0.717) is 16.8 Å². The highest BCUT2D eigenvalue weighted by Gasteiger charge is 2.17. The molecular weight excluding hydrogens is 318 g/mol. The molecule has 3 aromatic rings. The van der Waals surface area contributed by atoms with Crippen molar-refractivity contribution in [2.45, 2.75) is 6.10 Å². The Bertz CT molecular complexity index is 776. The fourth-order valence-corrected chi connectivity index (χ4v) is 2.65. The molecule has 4 nitrogen and oxygen atoms in total. The normalized spacial score (nSPS) is 12.5. The molecule has 20 heavy (non-hydrogen) atoms. The Morgan fingerprint density at radius 3 is 2.75 bits per heavy atom. The Morgan fingerprint density at radius 1 is 1.10 bits per heavy atom. The Kier molecular flexibility index (Phi) is 3.38. The lowest BCUT2D eigenvalue weighted by Crippen LogP contribution is -2.05. The lowest BCUT2D eigenvalue weighted by Gasteiger charge is -2.15. The van der Waals surface area contributed by atoms with Gasteiger partial charge in [0.1, 0.15) is 6.10 Å². The van der Waals surface area contributed by atoms with Crippen molar-refractivity contribution in [3.05, 3.63) is 64.5 Å². The van der Waals surface area contributed by atoms with E-state index >= 15 is 0 Å². The molecule has 0 radical (unpaired) electrons. The van der Waals surface area contributed by atoms with Crippen molar-refractivity contribution in [1.82, 2.24) is 9.97 Å². The summed E-state index contributed by atoms with van der Waals surface area (Å²) < 4.78 is 0.940. The third-order valence-corrected chi connectivity index (χ3v) is 3.92. The molecule has 3 rings (SSSR count). The monoisotopic (exact) mass is 329 g/mol. The van der Waals surface area contributed by atoms with Crippen LogP contribution in [0.5, 0.6) is 0 Å². The van der Waals surface area contributed by atoms with E-state index in [9.17, 15) is 5.11 Å². The standard InChI is InChI=1S/C15H12BrN3O/c16-12-4-3-10(14-9(12)2-1-6-19-14)15(20)11-8-18-7-5-13(11)17/h1-8,15,20H,(H2,17,18). The summed E-state index contributed by atoms with van der Waals surface area (Å²) in [6.07, 6.45) is 4.03.